The fourth-order valence-corrected chi connectivity index (χ4v) is 4.44. The quantitative estimate of drug-likeness (QED) is 0.636. The van der Waals surface area contributed by atoms with Crippen LogP contribution >= 0.6 is 11.6 Å². The Bertz CT molecular complexity index is 1090. The van der Waals surface area contributed by atoms with Crippen molar-refractivity contribution in [2.24, 2.45) is 0 Å². The first-order valence-corrected chi connectivity index (χ1v) is 10.4. The number of sulfone groups is 1. The van der Waals surface area contributed by atoms with E-state index in [1.54, 1.807) is 29.2 Å². The van der Waals surface area contributed by atoms with Crippen molar-refractivity contribution < 1.29 is 22.0 Å². The average molecular weight is 423 g/mol. The molecular formula is C19H16ClFN2O4S. The normalized spacial score (nSPS) is 15.0. The lowest BCUT2D eigenvalue weighted by Gasteiger charge is -2.26. The summed E-state index contributed by atoms with van der Waals surface area (Å²) in [6.45, 7) is 1.73. The highest BCUT2D eigenvalue weighted by molar-refractivity contribution is 7.91. The van der Waals surface area contributed by atoms with Crippen LogP contribution in [0.25, 0.3) is 11.5 Å². The number of aromatic nitrogens is 1. The van der Waals surface area contributed by atoms with Crippen LogP contribution in [0.2, 0.25) is 5.02 Å². The van der Waals surface area contributed by atoms with E-state index in [0.717, 1.165) is 6.07 Å². The van der Waals surface area contributed by atoms with Crippen LogP contribution in [0.4, 0.5) is 10.3 Å². The maximum absolute atomic E-state index is 14.2. The number of anilines is 1. The maximum Gasteiger partial charge on any atom is 0.236 e. The lowest BCUT2D eigenvalue weighted by atomic mass is 10.2. The van der Waals surface area contributed by atoms with E-state index in [1.807, 2.05) is 0 Å². The predicted molar refractivity (Wildman–Crippen MR) is 102 cm³/mol. The summed E-state index contributed by atoms with van der Waals surface area (Å²) in [5, 5.41) is 0.215. The first-order valence-electron chi connectivity index (χ1n) is 8.56. The molecule has 1 fully saturated rings. The van der Waals surface area contributed by atoms with E-state index >= 15 is 0 Å². The summed E-state index contributed by atoms with van der Waals surface area (Å²) in [6, 6.07) is 11.9. The lowest BCUT2D eigenvalue weighted by molar-refractivity contribution is 0.120. The Hall–Kier alpha value is -2.42. The van der Waals surface area contributed by atoms with Crippen molar-refractivity contribution in [1.29, 1.82) is 0 Å². The Morgan fingerprint density at radius 3 is 2.39 bits per heavy atom. The van der Waals surface area contributed by atoms with Gasteiger partial charge in [-0.1, -0.05) is 23.7 Å². The molecule has 0 aliphatic carbocycles. The molecule has 6 nitrogen and oxygen atoms in total. The molecule has 0 atom stereocenters. The fraction of sp³-hybridized carbons (Fsp3) is 0.211. The predicted octanol–water partition coefficient (Wildman–Crippen LogP) is 3.80. The van der Waals surface area contributed by atoms with E-state index in [4.69, 9.17) is 20.8 Å². The lowest BCUT2D eigenvalue weighted by Crippen LogP contribution is -2.36. The molecular weight excluding hydrogens is 407 g/mol. The van der Waals surface area contributed by atoms with Gasteiger partial charge in [0.05, 0.1) is 13.2 Å². The van der Waals surface area contributed by atoms with E-state index in [2.05, 4.69) is 4.98 Å². The Labute approximate surface area is 166 Å². The van der Waals surface area contributed by atoms with Crippen LogP contribution in [-0.2, 0) is 14.6 Å². The highest BCUT2D eigenvalue weighted by Crippen LogP contribution is 2.35. The minimum absolute atomic E-state index is 0.0801. The van der Waals surface area contributed by atoms with E-state index in [-0.39, 0.29) is 16.8 Å². The second-order valence-electron chi connectivity index (χ2n) is 6.17. The summed E-state index contributed by atoms with van der Waals surface area (Å²) in [7, 11) is -4.23. The van der Waals surface area contributed by atoms with Crippen LogP contribution in [0.3, 0.4) is 0 Å². The van der Waals surface area contributed by atoms with Gasteiger partial charge in [-0.15, -0.1) is 0 Å². The molecule has 1 saturated heterocycles. The van der Waals surface area contributed by atoms with Gasteiger partial charge in [0.25, 0.3) is 0 Å². The monoisotopic (exact) mass is 422 g/mol. The molecule has 1 aliphatic rings. The second kappa shape index (κ2) is 7.54. The number of halogens is 2. The standard InChI is InChI=1S/C19H16ClFN2O4S/c20-14-7-5-13(6-8-14)17-22-18(19(27-17)23-9-11-26-12-10-23)28(24,25)16-4-2-1-3-15(16)21/h1-8H,9-12H2. The zero-order chi connectivity index (χ0) is 19.7. The van der Waals surface area contributed by atoms with Crippen LogP contribution in [-0.4, -0.2) is 39.7 Å². The molecule has 0 spiro atoms. The summed E-state index contributed by atoms with van der Waals surface area (Å²) >= 11 is 5.92. The van der Waals surface area contributed by atoms with Gasteiger partial charge in [-0.25, -0.2) is 12.8 Å². The number of ether oxygens (including phenoxy) is 1. The molecule has 2 heterocycles. The summed E-state index contributed by atoms with van der Waals surface area (Å²) in [5.74, 6) is -0.643. The Morgan fingerprint density at radius 2 is 1.71 bits per heavy atom. The van der Waals surface area contributed by atoms with Crippen molar-refractivity contribution in [3.05, 3.63) is 59.4 Å². The van der Waals surface area contributed by atoms with Crippen molar-refractivity contribution in [1.82, 2.24) is 4.98 Å². The summed E-state index contributed by atoms with van der Waals surface area (Å²) in [4.78, 5) is 5.52. The molecule has 0 saturated carbocycles. The van der Waals surface area contributed by atoms with Crippen molar-refractivity contribution in [3.8, 4) is 11.5 Å². The molecule has 2 aromatic carbocycles. The number of nitrogens with zero attached hydrogens (tertiary/aromatic N) is 2. The maximum atomic E-state index is 14.2. The smallest absolute Gasteiger partial charge is 0.236 e. The van der Waals surface area contributed by atoms with Gasteiger partial charge in [0, 0.05) is 23.7 Å². The minimum Gasteiger partial charge on any atom is -0.419 e. The molecule has 9 heteroatoms. The van der Waals surface area contributed by atoms with Gasteiger partial charge in [-0.3, -0.25) is 0 Å². The Morgan fingerprint density at radius 1 is 1.04 bits per heavy atom. The Kier molecular flexibility index (Phi) is 5.09. The number of benzene rings is 2. The molecule has 0 unspecified atom stereocenters. The van der Waals surface area contributed by atoms with Crippen LogP contribution in [0, 0.1) is 5.82 Å². The number of hydrogen-bond donors (Lipinski definition) is 0. The first kappa shape index (κ1) is 18.9. The van der Waals surface area contributed by atoms with Crippen LogP contribution in [0.1, 0.15) is 0 Å². The van der Waals surface area contributed by atoms with Gasteiger partial charge in [0.15, 0.2) is 0 Å². The molecule has 0 bridgehead atoms. The molecule has 146 valence electrons. The zero-order valence-electron chi connectivity index (χ0n) is 14.6. The van der Waals surface area contributed by atoms with E-state index in [0.29, 0.717) is 36.9 Å². The third-order valence-corrected chi connectivity index (χ3v) is 6.29. The molecule has 0 N–H and O–H groups in total. The number of hydrogen-bond acceptors (Lipinski definition) is 6. The van der Waals surface area contributed by atoms with Gasteiger partial charge in [0.2, 0.25) is 26.6 Å². The largest absolute Gasteiger partial charge is 0.419 e. The second-order valence-corrected chi connectivity index (χ2v) is 8.44. The number of oxazole rings is 1. The topological polar surface area (TPSA) is 72.6 Å². The molecule has 4 rings (SSSR count). The minimum atomic E-state index is -4.23. The van der Waals surface area contributed by atoms with Crippen LogP contribution in [0.15, 0.2) is 62.9 Å². The molecule has 3 aromatic rings. The van der Waals surface area contributed by atoms with Crippen molar-refractivity contribution in [2.45, 2.75) is 9.92 Å². The zero-order valence-corrected chi connectivity index (χ0v) is 16.2. The van der Waals surface area contributed by atoms with Crippen LogP contribution in [0.5, 0.6) is 0 Å². The first-order chi connectivity index (χ1) is 13.5. The van der Waals surface area contributed by atoms with Gasteiger partial charge in [-0.2, -0.15) is 4.98 Å². The molecule has 1 aromatic heterocycles. The van der Waals surface area contributed by atoms with Crippen molar-refractivity contribution in [3.63, 3.8) is 0 Å². The average Bonchev–Trinajstić information content (AvgIpc) is 3.16. The summed E-state index contributed by atoms with van der Waals surface area (Å²) in [6.07, 6.45) is 0. The van der Waals surface area contributed by atoms with Gasteiger partial charge < -0.3 is 14.1 Å². The molecule has 0 amide bonds. The third-order valence-electron chi connectivity index (χ3n) is 4.35. The Balaban J connectivity index is 1.87. The van der Waals surface area contributed by atoms with E-state index in [9.17, 15) is 12.8 Å². The summed E-state index contributed by atoms with van der Waals surface area (Å²) < 4.78 is 51.8. The van der Waals surface area contributed by atoms with Crippen LogP contribution < -0.4 is 4.90 Å². The van der Waals surface area contributed by atoms with E-state index < -0.39 is 20.5 Å². The highest BCUT2D eigenvalue weighted by atomic mass is 35.5. The molecule has 28 heavy (non-hydrogen) atoms. The summed E-state index contributed by atoms with van der Waals surface area (Å²) in [5.41, 5.74) is 0.564. The number of rotatable bonds is 4. The van der Waals surface area contributed by atoms with E-state index in [1.165, 1.54) is 18.2 Å². The van der Waals surface area contributed by atoms with Crippen molar-refractivity contribution in [2.75, 3.05) is 31.2 Å². The molecule has 0 radical (unpaired) electrons. The fourth-order valence-electron chi connectivity index (χ4n) is 2.92. The highest BCUT2D eigenvalue weighted by Gasteiger charge is 2.33. The van der Waals surface area contributed by atoms with Gasteiger partial charge in [0.1, 0.15) is 10.7 Å². The third kappa shape index (κ3) is 3.50. The SMILES string of the molecule is O=S(=O)(c1ccccc1F)c1nc(-c2ccc(Cl)cc2)oc1N1CCOCC1. The number of morpholine rings is 1. The van der Waals surface area contributed by atoms with Gasteiger partial charge >= 0.3 is 0 Å². The van der Waals surface area contributed by atoms with Crippen molar-refractivity contribution >= 4 is 27.3 Å². The van der Waals surface area contributed by atoms with Gasteiger partial charge in [-0.05, 0) is 36.4 Å². The molecule has 1 aliphatic heterocycles.